The van der Waals surface area contributed by atoms with Crippen molar-refractivity contribution in [1.29, 1.82) is 5.26 Å². The Morgan fingerprint density at radius 2 is 1.00 bits per heavy atom. The van der Waals surface area contributed by atoms with E-state index in [0.717, 1.165) is 48.5 Å². The van der Waals surface area contributed by atoms with Gasteiger partial charge in [0.15, 0.2) is 11.6 Å². The number of hydrogen-bond donors (Lipinski definition) is 7. The molecule has 7 N–H and O–H groups in total. The summed E-state index contributed by atoms with van der Waals surface area (Å²) in [5.41, 5.74) is 0.461. The average Bonchev–Trinajstić information content (AvgIpc) is 3.24. The Morgan fingerprint density at radius 1 is 0.493 bits per heavy atom. The van der Waals surface area contributed by atoms with E-state index < -0.39 is 75.1 Å². The van der Waals surface area contributed by atoms with Crippen LogP contribution in [0.1, 0.15) is 11.1 Å². The summed E-state index contributed by atoms with van der Waals surface area (Å²) >= 11 is 0. The van der Waals surface area contributed by atoms with Crippen LogP contribution in [0.15, 0.2) is 154 Å². The molecule has 0 saturated heterocycles. The number of nitrogens with zero attached hydrogens (tertiary/aromatic N) is 6. The van der Waals surface area contributed by atoms with Crippen molar-refractivity contribution in [2.75, 3.05) is 10.6 Å². The Labute approximate surface area is 380 Å². The molecule has 0 fully saturated rings. The largest absolute Gasteiger partial charge is 0.339 e. The quantitative estimate of drug-likeness (QED) is 0.0423. The number of nitriles is 1. The van der Waals surface area contributed by atoms with Crippen molar-refractivity contribution in [1.82, 2.24) is 4.98 Å². The minimum atomic E-state index is -5.05. The Hall–Kier alpha value is -7.17. The van der Waals surface area contributed by atoms with Gasteiger partial charge in [-0.3, -0.25) is 22.8 Å². The van der Waals surface area contributed by atoms with Crippen LogP contribution < -0.4 is 10.6 Å². The van der Waals surface area contributed by atoms with Gasteiger partial charge in [-0.05, 0) is 109 Å². The Morgan fingerprint density at radius 3 is 1.52 bits per heavy atom. The van der Waals surface area contributed by atoms with Crippen molar-refractivity contribution in [2.45, 2.75) is 31.4 Å². The second kappa shape index (κ2) is 17.6. The molecule has 0 amide bonds. The van der Waals surface area contributed by atoms with Gasteiger partial charge in [-0.15, -0.1) is 15.3 Å². The van der Waals surface area contributed by atoms with E-state index >= 15 is 0 Å². The fourth-order valence-electron chi connectivity index (χ4n) is 6.38. The van der Waals surface area contributed by atoms with Crippen LogP contribution in [0.4, 0.5) is 45.8 Å². The molecular formula is C39H28N8O15S5. The van der Waals surface area contributed by atoms with E-state index in [1.54, 1.807) is 0 Å². The van der Waals surface area contributed by atoms with Gasteiger partial charge in [0.1, 0.15) is 16.7 Å². The highest BCUT2D eigenvalue weighted by Crippen LogP contribution is 2.41. The zero-order chi connectivity index (χ0) is 48.9. The van der Waals surface area contributed by atoms with Crippen LogP contribution >= 0.6 is 0 Å². The Kier molecular flexibility index (Phi) is 12.5. The zero-order valence-corrected chi connectivity index (χ0v) is 37.5. The van der Waals surface area contributed by atoms with Crippen LogP contribution in [-0.2, 0) is 50.6 Å². The normalized spacial score (nSPS) is 12.8. The van der Waals surface area contributed by atoms with Gasteiger partial charge in [-0.2, -0.15) is 52.5 Å². The zero-order valence-electron chi connectivity index (χ0n) is 33.4. The van der Waals surface area contributed by atoms with Crippen LogP contribution in [0, 0.1) is 18.3 Å². The molecule has 1 aromatic heterocycles. The second-order valence-corrected chi connectivity index (χ2v) is 21.1. The van der Waals surface area contributed by atoms with E-state index in [9.17, 15) is 70.1 Å². The number of nitrogens with one attached hydrogen (secondary N) is 2. The highest BCUT2D eigenvalue weighted by atomic mass is 32.2. The van der Waals surface area contributed by atoms with E-state index in [1.165, 1.54) is 61.5 Å². The lowest BCUT2D eigenvalue weighted by atomic mass is 10.1. The topological polar surface area (TPSA) is 382 Å². The van der Waals surface area contributed by atoms with Crippen LogP contribution in [-0.4, -0.2) is 69.8 Å². The van der Waals surface area contributed by atoms with Gasteiger partial charge in [0.25, 0.3) is 50.6 Å². The van der Waals surface area contributed by atoms with Crippen molar-refractivity contribution in [2.24, 2.45) is 20.5 Å². The maximum atomic E-state index is 12.3. The predicted octanol–water partition coefficient (Wildman–Crippen LogP) is 8.12. The van der Waals surface area contributed by atoms with Gasteiger partial charge in [-0.25, -0.2) is 4.98 Å². The SMILES string of the molecule is Cc1c(C#N)c(Nc2ccc(S(=O)(=O)O)cc2)nc(Nc2ccc(S(=O)(=O)O)cc2)c1N=Nc1ccc(N=Nc2ccc3cc(S(=O)(=O)O)cc(S(=O)(=O)O)c3c2)c2cc(S(=O)(=O)O)ccc12. The highest BCUT2D eigenvalue weighted by Gasteiger charge is 2.23. The molecule has 0 unspecified atom stereocenters. The number of anilines is 4. The Balaban J connectivity index is 1.34. The van der Waals surface area contributed by atoms with Crippen LogP contribution in [0.2, 0.25) is 0 Å². The highest BCUT2D eigenvalue weighted by molar-refractivity contribution is 7.87. The molecule has 23 nitrogen and oxygen atoms in total. The summed E-state index contributed by atoms with van der Waals surface area (Å²) in [6.45, 7) is 1.49. The minimum Gasteiger partial charge on any atom is -0.339 e. The summed E-state index contributed by atoms with van der Waals surface area (Å²) in [5, 5.41) is 33.2. The summed E-state index contributed by atoms with van der Waals surface area (Å²) in [6.07, 6.45) is 0. The molecule has 0 aliphatic rings. The molecule has 0 bridgehead atoms. The van der Waals surface area contributed by atoms with E-state index in [0.29, 0.717) is 6.07 Å². The van der Waals surface area contributed by atoms with Gasteiger partial charge in [0, 0.05) is 33.1 Å². The summed E-state index contributed by atoms with van der Waals surface area (Å²) in [6, 6.07) is 22.9. The molecule has 28 heteroatoms. The van der Waals surface area contributed by atoms with Crippen molar-refractivity contribution < 1.29 is 64.9 Å². The molecular weight excluding hydrogens is 981 g/mol. The molecule has 0 radical (unpaired) electrons. The molecule has 67 heavy (non-hydrogen) atoms. The molecule has 7 rings (SSSR count). The maximum Gasteiger partial charge on any atom is 0.295 e. The lowest BCUT2D eigenvalue weighted by molar-refractivity contribution is 0.478. The second-order valence-electron chi connectivity index (χ2n) is 14.0. The van der Waals surface area contributed by atoms with Gasteiger partial charge in [-0.1, -0.05) is 12.1 Å². The number of benzene rings is 6. The monoisotopic (exact) mass is 1010 g/mol. The minimum absolute atomic E-state index is 0.0249. The molecule has 1 heterocycles. The average molecular weight is 1010 g/mol. The predicted molar refractivity (Wildman–Crippen MR) is 238 cm³/mol. The summed E-state index contributed by atoms with van der Waals surface area (Å²) in [7, 11) is -23.8. The molecule has 0 atom stereocenters. The third-order valence-corrected chi connectivity index (χ3v) is 13.9. The molecule has 0 aliphatic heterocycles. The fourth-order valence-corrected chi connectivity index (χ4v) is 9.20. The summed E-state index contributed by atoms with van der Waals surface area (Å²) in [4.78, 5) is 1.45. The van der Waals surface area contributed by atoms with Gasteiger partial charge in [0.2, 0.25) is 0 Å². The van der Waals surface area contributed by atoms with Crippen molar-refractivity contribution in [3.05, 3.63) is 120 Å². The van der Waals surface area contributed by atoms with Gasteiger partial charge < -0.3 is 10.6 Å². The first kappa shape index (κ1) is 47.8. The van der Waals surface area contributed by atoms with E-state index in [1.807, 2.05) is 6.07 Å². The molecule has 344 valence electrons. The lowest BCUT2D eigenvalue weighted by Crippen LogP contribution is -2.05. The summed E-state index contributed by atoms with van der Waals surface area (Å²) in [5.74, 6) is -0.154. The first-order valence-corrected chi connectivity index (χ1v) is 25.4. The molecule has 0 aliphatic carbocycles. The molecule has 0 saturated carbocycles. The van der Waals surface area contributed by atoms with Crippen LogP contribution in [0.25, 0.3) is 21.5 Å². The number of azo groups is 2. The van der Waals surface area contributed by atoms with Crippen molar-refractivity contribution >= 4 is 118 Å². The maximum absolute atomic E-state index is 12.3. The van der Waals surface area contributed by atoms with Crippen molar-refractivity contribution in [3.8, 4) is 6.07 Å². The first-order valence-electron chi connectivity index (χ1n) is 18.2. The van der Waals surface area contributed by atoms with E-state index in [4.69, 9.17) is 0 Å². The Bertz CT molecular complexity index is 3900. The van der Waals surface area contributed by atoms with Gasteiger partial charge in [0.05, 0.1) is 42.2 Å². The van der Waals surface area contributed by atoms with Crippen LogP contribution in [0.5, 0.6) is 0 Å². The number of rotatable bonds is 13. The molecule has 6 aromatic carbocycles. The third-order valence-electron chi connectivity index (χ3n) is 9.58. The van der Waals surface area contributed by atoms with Gasteiger partial charge >= 0.3 is 0 Å². The number of aromatic nitrogens is 1. The lowest BCUT2D eigenvalue weighted by Gasteiger charge is -2.16. The van der Waals surface area contributed by atoms with E-state index in [2.05, 4.69) is 36.1 Å². The summed E-state index contributed by atoms with van der Waals surface area (Å²) < 4.78 is 167. The molecule has 0 spiro atoms. The first-order chi connectivity index (χ1) is 31.2. The van der Waals surface area contributed by atoms with Crippen molar-refractivity contribution in [3.63, 3.8) is 0 Å². The van der Waals surface area contributed by atoms with E-state index in [-0.39, 0.29) is 78.4 Å². The van der Waals surface area contributed by atoms with Crippen LogP contribution in [0.3, 0.4) is 0 Å². The standard InChI is InChI=1S/C39H28N8O15S5/c1-21-33(20-40)38(41-23-4-8-26(9-5-23)63(48,49)50)43-39(42-24-6-10-27(11-7-24)64(51,52)53)37(21)47-46-34-14-15-35(32-18-28(65(54,55)56)12-13-30(32)34)45-44-25-3-2-22-16-29(66(57,58)59)19-36(31(22)17-25)67(60,61)62/h2-19H,1H3,(H2,41,42,43)(H,48,49,50)(H,51,52,53)(H,54,55,56)(H,57,58,59)(H,60,61,62). The number of pyridine rings is 1. The fraction of sp³-hybridized carbons (Fsp3) is 0.0256. The third kappa shape index (κ3) is 10.6. The number of fused-ring (bicyclic) bond motifs is 2. The molecule has 7 aromatic rings. The smallest absolute Gasteiger partial charge is 0.295 e. The number of hydrogen-bond acceptors (Lipinski definition) is 18.